The first-order valence-corrected chi connectivity index (χ1v) is 10.4. The summed E-state index contributed by atoms with van der Waals surface area (Å²) in [5, 5.41) is 2.21. The van der Waals surface area contributed by atoms with Crippen LogP contribution in [0.1, 0.15) is 22.5 Å². The number of urea groups is 1. The average molecular weight is 443 g/mol. The molecule has 0 radical (unpaired) electrons. The number of methoxy groups -OCH3 is 1. The van der Waals surface area contributed by atoms with Gasteiger partial charge in [0, 0.05) is 30.4 Å². The maximum atomic E-state index is 13.0. The second kappa shape index (κ2) is 8.31. The minimum atomic E-state index is -0.783. The molecule has 0 saturated carbocycles. The number of imide groups is 2. The third kappa shape index (κ3) is 3.87. The summed E-state index contributed by atoms with van der Waals surface area (Å²) in [5.74, 6) is -0.491. The van der Waals surface area contributed by atoms with Crippen molar-refractivity contribution < 1.29 is 23.5 Å². The van der Waals surface area contributed by atoms with Crippen molar-refractivity contribution >= 4 is 29.6 Å². The number of amides is 4. The lowest BCUT2D eigenvalue weighted by Crippen LogP contribution is -2.53. The fraction of sp³-hybridized carbons (Fsp3) is 0.160. The van der Waals surface area contributed by atoms with E-state index in [9.17, 15) is 14.4 Å². The largest absolute Gasteiger partial charge is 0.496 e. The SMILES string of the molecule is COc1cc(N2Cc3ccccc3C2)ccc1C=C1C(=O)NC(=O)N(Cc2ccco2)C1=O. The van der Waals surface area contributed by atoms with Crippen LogP contribution in [0.15, 0.2) is 70.9 Å². The predicted octanol–water partition coefficient (Wildman–Crippen LogP) is 3.47. The van der Waals surface area contributed by atoms with Crippen molar-refractivity contribution in [2.45, 2.75) is 19.6 Å². The molecular formula is C25H21N3O5. The maximum Gasteiger partial charge on any atom is 0.331 e. The Balaban J connectivity index is 1.42. The van der Waals surface area contributed by atoms with Gasteiger partial charge in [-0.15, -0.1) is 0 Å². The molecule has 1 saturated heterocycles. The molecule has 8 nitrogen and oxygen atoms in total. The Bertz CT molecular complexity index is 1250. The molecule has 3 aromatic rings. The van der Waals surface area contributed by atoms with E-state index in [-0.39, 0.29) is 12.1 Å². The van der Waals surface area contributed by atoms with Crippen LogP contribution in [0.4, 0.5) is 10.5 Å². The number of carbonyl (C=O) groups is 3. The summed E-state index contributed by atoms with van der Waals surface area (Å²) < 4.78 is 10.8. The standard InChI is InChI=1S/C25H21N3O5/c1-32-22-12-19(27-13-17-5-2-3-6-18(17)14-27)9-8-16(22)11-21-23(29)26-25(31)28(24(21)30)15-20-7-4-10-33-20/h2-12H,13-15H2,1H3,(H,26,29,31). The summed E-state index contributed by atoms with van der Waals surface area (Å²) in [5.41, 5.74) is 3.95. The van der Waals surface area contributed by atoms with Crippen LogP contribution in [0.5, 0.6) is 5.75 Å². The van der Waals surface area contributed by atoms with Crippen molar-refractivity contribution in [1.29, 1.82) is 0 Å². The van der Waals surface area contributed by atoms with Gasteiger partial charge in [0.1, 0.15) is 17.1 Å². The molecule has 33 heavy (non-hydrogen) atoms. The molecule has 3 heterocycles. The summed E-state index contributed by atoms with van der Waals surface area (Å²) >= 11 is 0. The Labute approximate surface area is 190 Å². The van der Waals surface area contributed by atoms with Gasteiger partial charge in [0.15, 0.2) is 0 Å². The molecule has 0 aliphatic carbocycles. The van der Waals surface area contributed by atoms with E-state index in [0.717, 1.165) is 23.7 Å². The van der Waals surface area contributed by atoms with Gasteiger partial charge in [0.25, 0.3) is 11.8 Å². The molecule has 1 N–H and O–H groups in total. The van der Waals surface area contributed by atoms with Crippen molar-refractivity contribution in [1.82, 2.24) is 10.2 Å². The molecule has 0 unspecified atom stereocenters. The van der Waals surface area contributed by atoms with Crippen molar-refractivity contribution in [3.63, 3.8) is 0 Å². The normalized spacial score (nSPS) is 16.9. The number of nitrogens with zero attached hydrogens (tertiary/aromatic N) is 2. The van der Waals surface area contributed by atoms with Gasteiger partial charge in [-0.05, 0) is 41.5 Å². The number of barbiturate groups is 1. The smallest absolute Gasteiger partial charge is 0.331 e. The predicted molar refractivity (Wildman–Crippen MR) is 120 cm³/mol. The van der Waals surface area contributed by atoms with Gasteiger partial charge >= 0.3 is 6.03 Å². The average Bonchev–Trinajstić information content (AvgIpc) is 3.49. The first-order valence-electron chi connectivity index (χ1n) is 10.4. The maximum absolute atomic E-state index is 13.0. The fourth-order valence-corrected chi connectivity index (χ4v) is 4.08. The second-order valence-corrected chi connectivity index (χ2v) is 7.84. The van der Waals surface area contributed by atoms with Crippen LogP contribution >= 0.6 is 0 Å². The van der Waals surface area contributed by atoms with E-state index in [1.807, 2.05) is 24.3 Å². The van der Waals surface area contributed by atoms with Crippen LogP contribution in [0.3, 0.4) is 0 Å². The second-order valence-electron chi connectivity index (χ2n) is 7.84. The molecule has 0 spiro atoms. The molecule has 2 aliphatic heterocycles. The lowest BCUT2D eigenvalue weighted by atomic mass is 10.1. The molecule has 0 atom stereocenters. The Morgan fingerprint density at radius 1 is 1.03 bits per heavy atom. The van der Waals surface area contributed by atoms with Gasteiger partial charge in [-0.2, -0.15) is 0 Å². The zero-order chi connectivity index (χ0) is 22.9. The van der Waals surface area contributed by atoms with Gasteiger partial charge in [-0.3, -0.25) is 19.8 Å². The van der Waals surface area contributed by atoms with Crippen LogP contribution in [0.2, 0.25) is 0 Å². The Hall–Kier alpha value is -4.33. The monoisotopic (exact) mass is 443 g/mol. The Morgan fingerprint density at radius 3 is 2.45 bits per heavy atom. The molecule has 1 aromatic heterocycles. The van der Waals surface area contributed by atoms with Crippen molar-refractivity contribution in [2.75, 3.05) is 12.0 Å². The number of fused-ring (bicyclic) bond motifs is 1. The number of rotatable bonds is 5. The van der Waals surface area contributed by atoms with Crippen LogP contribution in [-0.4, -0.2) is 29.9 Å². The highest BCUT2D eigenvalue weighted by molar-refractivity contribution is 6.31. The van der Waals surface area contributed by atoms with Crippen LogP contribution in [0, 0.1) is 0 Å². The summed E-state index contributed by atoms with van der Waals surface area (Å²) in [4.78, 5) is 40.8. The van der Waals surface area contributed by atoms with E-state index in [4.69, 9.17) is 9.15 Å². The number of carbonyl (C=O) groups excluding carboxylic acids is 3. The van der Waals surface area contributed by atoms with Gasteiger partial charge in [-0.1, -0.05) is 24.3 Å². The van der Waals surface area contributed by atoms with E-state index in [0.29, 0.717) is 17.1 Å². The number of hydrogen-bond donors (Lipinski definition) is 1. The molecule has 0 bridgehead atoms. The molecule has 2 aromatic carbocycles. The summed E-state index contributed by atoms with van der Waals surface area (Å²) in [7, 11) is 1.54. The highest BCUT2D eigenvalue weighted by Crippen LogP contribution is 2.33. The van der Waals surface area contributed by atoms with Crippen molar-refractivity contribution in [2.24, 2.45) is 0 Å². The first-order chi connectivity index (χ1) is 16.0. The molecule has 2 aliphatic rings. The van der Waals surface area contributed by atoms with E-state index in [2.05, 4.69) is 22.3 Å². The third-order valence-electron chi connectivity index (χ3n) is 5.80. The minimum Gasteiger partial charge on any atom is -0.496 e. The Kier molecular flexibility index (Phi) is 5.18. The summed E-state index contributed by atoms with van der Waals surface area (Å²) in [6, 6.07) is 16.4. The number of benzene rings is 2. The number of ether oxygens (including phenoxy) is 1. The summed E-state index contributed by atoms with van der Waals surface area (Å²) in [6.07, 6.45) is 2.90. The van der Waals surface area contributed by atoms with Crippen LogP contribution in [-0.2, 0) is 29.2 Å². The number of nitrogens with one attached hydrogen (secondary N) is 1. The molecule has 166 valence electrons. The highest BCUT2D eigenvalue weighted by Gasteiger charge is 2.36. The minimum absolute atomic E-state index is 0.0755. The number of hydrogen-bond acceptors (Lipinski definition) is 6. The van der Waals surface area contributed by atoms with E-state index < -0.39 is 17.8 Å². The molecular weight excluding hydrogens is 422 g/mol. The fourth-order valence-electron chi connectivity index (χ4n) is 4.08. The van der Waals surface area contributed by atoms with E-state index >= 15 is 0 Å². The van der Waals surface area contributed by atoms with Crippen LogP contribution < -0.4 is 15.0 Å². The summed E-state index contributed by atoms with van der Waals surface area (Å²) in [6.45, 7) is 1.52. The zero-order valence-corrected chi connectivity index (χ0v) is 17.9. The molecule has 1 fully saturated rings. The van der Waals surface area contributed by atoms with Gasteiger partial charge in [0.05, 0.1) is 19.9 Å². The Morgan fingerprint density at radius 2 is 1.79 bits per heavy atom. The lowest BCUT2D eigenvalue weighted by Gasteiger charge is -2.25. The highest BCUT2D eigenvalue weighted by atomic mass is 16.5. The van der Waals surface area contributed by atoms with E-state index in [1.54, 1.807) is 18.2 Å². The van der Waals surface area contributed by atoms with Gasteiger partial charge < -0.3 is 14.1 Å². The molecule has 8 heteroatoms. The van der Waals surface area contributed by atoms with Crippen LogP contribution in [0.25, 0.3) is 6.08 Å². The molecule has 4 amide bonds. The third-order valence-corrected chi connectivity index (χ3v) is 5.80. The zero-order valence-electron chi connectivity index (χ0n) is 17.9. The van der Waals surface area contributed by atoms with Gasteiger partial charge in [0.2, 0.25) is 0 Å². The number of furan rings is 1. The quantitative estimate of drug-likeness (QED) is 0.480. The lowest BCUT2D eigenvalue weighted by molar-refractivity contribution is -0.130. The molecule has 5 rings (SSSR count). The topological polar surface area (TPSA) is 92.1 Å². The number of anilines is 1. The van der Waals surface area contributed by atoms with Crippen molar-refractivity contribution in [3.8, 4) is 5.75 Å². The van der Waals surface area contributed by atoms with Crippen molar-refractivity contribution in [3.05, 3.63) is 88.9 Å². The van der Waals surface area contributed by atoms with E-state index in [1.165, 1.54) is 30.6 Å². The first kappa shape index (κ1) is 20.6. The van der Waals surface area contributed by atoms with Gasteiger partial charge in [-0.25, -0.2) is 4.79 Å².